The molecule has 0 spiro atoms. The largest absolute Gasteiger partial charge is 0.492 e. The van der Waals surface area contributed by atoms with Gasteiger partial charge in [0, 0.05) is 123 Å². The molecule has 1 unspecified atom stereocenters. The first-order chi connectivity index (χ1) is 33.2. The van der Waals surface area contributed by atoms with Crippen LogP contribution >= 0.6 is 23.1 Å². The van der Waals surface area contributed by atoms with Crippen molar-refractivity contribution in [2.45, 2.75) is 71.3 Å². The number of hydrogen-bond donors (Lipinski definition) is 3. The predicted octanol–water partition coefficient (Wildman–Crippen LogP) is 8.57. The highest BCUT2D eigenvalue weighted by Gasteiger charge is 2.36. The average molecular weight is 1030 g/mol. The molecule has 3 aromatic carbocycles. The summed E-state index contributed by atoms with van der Waals surface area (Å²) < 4.78 is 51.1. The van der Waals surface area contributed by atoms with Crippen LogP contribution < -0.4 is 35.8 Å². The molecule has 0 radical (unpaired) electrons. The lowest BCUT2D eigenvalue weighted by atomic mass is 9.89. The Hall–Kier alpha value is -5.22. The third-order valence-corrected chi connectivity index (χ3v) is 16.3. The summed E-state index contributed by atoms with van der Waals surface area (Å²) in [6, 6.07) is 15.4. The van der Waals surface area contributed by atoms with Crippen LogP contribution in [-0.4, -0.2) is 121 Å². The number of carbonyl (C=O) groups is 2. The van der Waals surface area contributed by atoms with E-state index in [1.54, 1.807) is 19.5 Å². The summed E-state index contributed by atoms with van der Waals surface area (Å²) in [5.74, 6) is -1.46. The van der Waals surface area contributed by atoms with Gasteiger partial charge in [0.25, 0.3) is 0 Å². The van der Waals surface area contributed by atoms with E-state index in [0.717, 1.165) is 118 Å². The van der Waals surface area contributed by atoms with E-state index < -0.39 is 36.5 Å². The molecule has 6 heterocycles. The van der Waals surface area contributed by atoms with Crippen LogP contribution in [0.2, 0.25) is 0 Å². The topological polar surface area (TPSA) is 148 Å². The van der Waals surface area contributed by atoms with Gasteiger partial charge in [0.2, 0.25) is 17.8 Å². The molecule has 14 nitrogen and oxygen atoms in total. The van der Waals surface area contributed by atoms with Crippen molar-refractivity contribution in [3.05, 3.63) is 87.7 Å². The fraction of sp³-hybridized carbons (Fsp3) is 0.471. The van der Waals surface area contributed by atoms with E-state index in [-0.39, 0.29) is 18.4 Å². The standard InChI is InChI=1S/C51H62BrF2N10O4P/c1-6-32-23-43(58-51-55-27-38(52)49(60-51)57-42-13-12-41-36(48(42)69(4,5)67)10-9-33(7-2)56-41)45(68-8-3)26-44(32)63-17-15-34(16-18-63)62-21-19-61(20-22-62)28-31-29-64(30-31)35-24-39(53)47(40(54)25-35)37-11-14-46(65)59-50(37)66/h9-10,12-13,23-27,31,34,37H,6-8,11,14-22,28-30H2,1-5H3,(H,59,65,66)(H2,55,57,58,60). The zero-order chi connectivity index (χ0) is 48.6. The minimum Gasteiger partial charge on any atom is -0.492 e. The molecule has 0 aliphatic carbocycles. The van der Waals surface area contributed by atoms with E-state index in [2.05, 4.69) is 77.5 Å². The molecule has 0 bridgehead atoms. The quantitative estimate of drug-likeness (QED) is 0.0680. The number of fused-ring (bicyclic) bond motifs is 1. The van der Waals surface area contributed by atoms with Gasteiger partial charge in [0.15, 0.2) is 0 Å². The number of piperidine rings is 2. The summed E-state index contributed by atoms with van der Waals surface area (Å²) in [6.07, 6.45) is 5.67. The molecular formula is C51H62BrF2N10O4P. The van der Waals surface area contributed by atoms with Crippen molar-refractivity contribution in [1.82, 2.24) is 30.1 Å². The summed E-state index contributed by atoms with van der Waals surface area (Å²) in [6.45, 7) is 18.6. The zero-order valence-corrected chi connectivity index (χ0v) is 42.6. The van der Waals surface area contributed by atoms with Crippen molar-refractivity contribution in [2.24, 2.45) is 5.92 Å². The molecule has 69 heavy (non-hydrogen) atoms. The Bertz CT molecular complexity index is 2770. The highest BCUT2D eigenvalue weighted by atomic mass is 79.9. The van der Waals surface area contributed by atoms with E-state index in [1.165, 1.54) is 23.4 Å². The van der Waals surface area contributed by atoms with Crippen molar-refractivity contribution < 1.29 is 27.7 Å². The number of piperazine rings is 1. The summed E-state index contributed by atoms with van der Waals surface area (Å²) in [5, 5.41) is 10.7. The molecule has 366 valence electrons. The van der Waals surface area contributed by atoms with Crippen LogP contribution in [0, 0.1) is 17.6 Å². The van der Waals surface area contributed by atoms with E-state index in [4.69, 9.17) is 14.7 Å². The Morgan fingerprint density at radius 3 is 2.26 bits per heavy atom. The molecule has 2 aromatic heterocycles. The number of hydrogen-bond acceptors (Lipinski definition) is 13. The van der Waals surface area contributed by atoms with E-state index >= 15 is 8.78 Å². The van der Waals surface area contributed by atoms with Crippen molar-refractivity contribution in [2.75, 3.05) is 99.3 Å². The fourth-order valence-electron chi connectivity index (χ4n) is 10.5. The minimum atomic E-state index is -2.75. The Morgan fingerprint density at radius 2 is 1.59 bits per heavy atom. The second-order valence-electron chi connectivity index (χ2n) is 19.1. The Morgan fingerprint density at radius 1 is 0.855 bits per heavy atom. The first-order valence-corrected chi connectivity index (χ1v) is 27.7. The molecule has 4 aliphatic heterocycles. The number of pyridine rings is 1. The lowest BCUT2D eigenvalue weighted by molar-refractivity contribution is -0.134. The van der Waals surface area contributed by atoms with Gasteiger partial charge in [-0.3, -0.25) is 24.8 Å². The van der Waals surface area contributed by atoms with Crippen molar-refractivity contribution in [3.63, 3.8) is 0 Å². The summed E-state index contributed by atoms with van der Waals surface area (Å²) in [4.78, 5) is 47.8. The van der Waals surface area contributed by atoms with Gasteiger partial charge in [0.05, 0.1) is 33.9 Å². The van der Waals surface area contributed by atoms with Crippen LogP contribution in [0.4, 0.5) is 43.3 Å². The highest BCUT2D eigenvalue weighted by Crippen LogP contribution is 2.43. The number of ether oxygens (including phenoxy) is 1. The van der Waals surface area contributed by atoms with Gasteiger partial charge in [-0.15, -0.1) is 0 Å². The van der Waals surface area contributed by atoms with E-state index in [9.17, 15) is 14.2 Å². The fourth-order valence-corrected chi connectivity index (χ4v) is 12.3. The molecule has 9 rings (SSSR count). The van der Waals surface area contributed by atoms with Crippen molar-refractivity contribution in [3.8, 4) is 5.75 Å². The van der Waals surface area contributed by atoms with Gasteiger partial charge in [-0.05, 0) is 110 Å². The van der Waals surface area contributed by atoms with Gasteiger partial charge >= 0.3 is 0 Å². The van der Waals surface area contributed by atoms with Crippen LogP contribution in [-0.2, 0) is 27.0 Å². The number of nitrogens with zero attached hydrogens (tertiary/aromatic N) is 7. The van der Waals surface area contributed by atoms with Gasteiger partial charge in [-0.2, -0.15) is 4.98 Å². The van der Waals surface area contributed by atoms with E-state index in [1.807, 2.05) is 36.1 Å². The Labute approximate surface area is 411 Å². The maximum absolute atomic E-state index is 15.2. The molecule has 4 aliphatic rings. The normalized spacial score (nSPS) is 18.9. The second kappa shape index (κ2) is 20.6. The highest BCUT2D eigenvalue weighted by molar-refractivity contribution is 9.10. The number of imide groups is 1. The van der Waals surface area contributed by atoms with E-state index in [0.29, 0.717) is 46.2 Å². The number of nitrogens with one attached hydrogen (secondary N) is 3. The first-order valence-electron chi connectivity index (χ1n) is 24.3. The second-order valence-corrected chi connectivity index (χ2v) is 23.1. The number of carbonyl (C=O) groups excluding carboxylic acids is 2. The number of halogens is 3. The smallest absolute Gasteiger partial charge is 0.234 e. The molecule has 18 heteroatoms. The molecular weight excluding hydrogens is 966 g/mol. The molecule has 1 atom stereocenters. The zero-order valence-electron chi connectivity index (χ0n) is 40.1. The Balaban J connectivity index is 0.790. The molecule has 5 aromatic rings. The minimum absolute atomic E-state index is 0.0658. The third-order valence-electron chi connectivity index (χ3n) is 14.1. The lowest BCUT2D eigenvalue weighted by Crippen LogP contribution is -2.57. The lowest BCUT2D eigenvalue weighted by Gasteiger charge is -2.47. The number of benzene rings is 3. The van der Waals surface area contributed by atoms with Gasteiger partial charge in [-0.1, -0.05) is 19.9 Å². The van der Waals surface area contributed by atoms with Gasteiger partial charge < -0.3 is 34.6 Å². The van der Waals surface area contributed by atoms with Crippen molar-refractivity contribution in [1.29, 1.82) is 0 Å². The molecule has 2 amide bonds. The van der Waals surface area contributed by atoms with Gasteiger partial charge in [-0.25, -0.2) is 13.8 Å². The maximum Gasteiger partial charge on any atom is 0.234 e. The van der Waals surface area contributed by atoms with Crippen LogP contribution in [0.1, 0.15) is 69.2 Å². The first kappa shape index (κ1) is 48.8. The summed E-state index contributed by atoms with van der Waals surface area (Å²) in [7, 11) is -2.75. The monoisotopic (exact) mass is 1030 g/mol. The summed E-state index contributed by atoms with van der Waals surface area (Å²) >= 11 is 3.64. The van der Waals surface area contributed by atoms with Crippen LogP contribution in [0.5, 0.6) is 5.75 Å². The van der Waals surface area contributed by atoms with Gasteiger partial charge in [0.1, 0.15) is 30.3 Å². The predicted molar refractivity (Wildman–Crippen MR) is 274 cm³/mol. The maximum atomic E-state index is 15.2. The van der Waals surface area contributed by atoms with Crippen LogP contribution in [0.25, 0.3) is 10.9 Å². The number of aryl methyl sites for hydroxylation is 2. The number of rotatable bonds is 15. The average Bonchev–Trinajstić information content (AvgIpc) is 3.31. The third kappa shape index (κ3) is 10.6. The van der Waals surface area contributed by atoms with Crippen LogP contribution in [0.3, 0.4) is 0 Å². The SMILES string of the molecule is CCOc1cc(N2CCC(N3CCN(CC4CN(c5cc(F)c(C6CCC(=O)NC6=O)c(F)c5)C4)CC3)CC2)c(CC)cc1Nc1ncc(Br)c(Nc2ccc3nc(CC)ccc3c2P(C)(C)=O)n1. The number of aromatic nitrogens is 3. The van der Waals surface area contributed by atoms with Crippen molar-refractivity contribution >= 4 is 85.6 Å². The van der Waals surface area contributed by atoms with Crippen LogP contribution in [0.15, 0.2) is 59.2 Å². The summed E-state index contributed by atoms with van der Waals surface area (Å²) in [5.41, 5.74) is 5.92. The molecule has 4 fully saturated rings. The Kier molecular flexibility index (Phi) is 14.6. The molecule has 0 saturated carbocycles. The number of amides is 2. The molecule has 4 saturated heterocycles. The molecule has 3 N–H and O–H groups in total. The number of anilines is 6.